The van der Waals surface area contributed by atoms with Gasteiger partial charge >= 0.3 is 0 Å². The monoisotopic (exact) mass is 325 g/mol. The van der Waals surface area contributed by atoms with Crippen LogP contribution in [0.3, 0.4) is 0 Å². The second-order valence-corrected chi connectivity index (χ2v) is 6.90. The molecule has 0 N–H and O–H groups in total. The molecule has 0 saturated carbocycles. The number of likely N-dealkylation sites (tertiary alicyclic amines) is 1. The van der Waals surface area contributed by atoms with Gasteiger partial charge in [0.1, 0.15) is 11.8 Å². The van der Waals surface area contributed by atoms with Crippen molar-refractivity contribution in [3.63, 3.8) is 0 Å². The molecule has 0 bridgehead atoms. The van der Waals surface area contributed by atoms with Crippen molar-refractivity contribution in [1.82, 2.24) is 14.9 Å². The predicted molar refractivity (Wildman–Crippen MR) is 91.9 cm³/mol. The zero-order valence-corrected chi connectivity index (χ0v) is 14.2. The van der Waals surface area contributed by atoms with Crippen molar-refractivity contribution >= 4 is 11.1 Å². The van der Waals surface area contributed by atoms with Gasteiger partial charge in [0.15, 0.2) is 17.4 Å². The molecule has 0 unspecified atom stereocenters. The fourth-order valence-electron chi connectivity index (χ4n) is 3.29. The van der Waals surface area contributed by atoms with Crippen LogP contribution in [-0.2, 0) is 6.54 Å². The number of benzene rings is 1. The SMILES string of the molecule is CC(C)c1nc(CN2CCC(c3nc4ccccc4o3)CC2)co1. The van der Waals surface area contributed by atoms with Gasteiger partial charge in [-0.2, -0.15) is 0 Å². The van der Waals surface area contributed by atoms with Crippen LogP contribution < -0.4 is 0 Å². The molecule has 1 aliphatic rings. The molecule has 0 spiro atoms. The lowest BCUT2D eigenvalue weighted by atomic mass is 9.97. The fourth-order valence-corrected chi connectivity index (χ4v) is 3.29. The summed E-state index contributed by atoms with van der Waals surface area (Å²) < 4.78 is 11.5. The van der Waals surface area contributed by atoms with Gasteiger partial charge in [0.25, 0.3) is 0 Å². The highest BCUT2D eigenvalue weighted by Gasteiger charge is 2.25. The Bertz CT molecular complexity index is 780. The van der Waals surface area contributed by atoms with Crippen LogP contribution in [0, 0.1) is 0 Å². The van der Waals surface area contributed by atoms with Crippen molar-refractivity contribution in [2.45, 2.75) is 45.1 Å². The summed E-state index contributed by atoms with van der Waals surface area (Å²) in [4.78, 5) is 11.7. The first kappa shape index (κ1) is 15.4. The number of hydrogen-bond donors (Lipinski definition) is 0. The third kappa shape index (κ3) is 3.08. The summed E-state index contributed by atoms with van der Waals surface area (Å²) in [5.74, 6) is 2.46. The third-order valence-electron chi connectivity index (χ3n) is 4.70. The van der Waals surface area contributed by atoms with Crippen LogP contribution in [0.4, 0.5) is 0 Å². The minimum Gasteiger partial charge on any atom is -0.448 e. The van der Waals surface area contributed by atoms with Crippen LogP contribution in [0.25, 0.3) is 11.1 Å². The molecular weight excluding hydrogens is 302 g/mol. The van der Waals surface area contributed by atoms with E-state index in [0.29, 0.717) is 11.8 Å². The van der Waals surface area contributed by atoms with E-state index in [9.17, 15) is 0 Å². The van der Waals surface area contributed by atoms with Crippen molar-refractivity contribution in [3.05, 3.63) is 48.0 Å². The van der Waals surface area contributed by atoms with Crippen molar-refractivity contribution in [2.24, 2.45) is 0 Å². The predicted octanol–water partition coefficient (Wildman–Crippen LogP) is 4.32. The molecule has 1 aliphatic heterocycles. The molecule has 0 aliphatic carbocycles. The molecule has 2 aromatic heterocycles. The number of oxazole rings is 2. The van der Waals surface area contributed by atoms with Crippen LogP contribution in [0.1, 0.15) is 56.0 Å². The Balaban J connectivity index is 1.37. The molecule has 5 heteroatoms. The molecule has 3 aromatic rings. The van der Waals surface area contributed by atoms with E-state index < -0.39 is 0 Å². The molecule has 5 nitrogen and oxygen atoms in total. The molecule has 1 fully saturated rings. The van der Waals surface area contributed by atoms with Gasteiger partial charge in [-0.3, -0.25) is 4.90 Å². The summed E-state index contributed by atoms with van der Waals surface area (Å²) in [5, 5.41) is 0. The number of fused-ring (bicyclic) bond motifs is 1. The van der Waals surface area contributed by atoms with E-state index in [1.165, 1.54) is 0 Å². The largest absolute Gasteiger partial charge is 0.448 e. The van der Waals surface area contributed by atoms with Crippen LogP contribution in [0.2, 0.25) is 0 Å². The Hall–Kier alpha value is -2.14. The summed E-state index contributed by atoms with van der Waals surface area (Å²) in [6.45, 7) is 7.12. The zero-order chi connectivity index (χ0) is 16.5. The molecule has 1 aromatic carbocycles. The van der Waals surface area contributed by atoms with Crippen molar-refractivity contribution < 1.29 is 8.83 Å². The lowest BCUT2D eigenvalue weighted by molar-refractivity contribution is 0.192. The van der Waals surface area contributed by atoms with Crippen molar-refractivity contribution in [3.8, 4) is 0 Å². The van der Waals surface area contributed by atoms with Gasteiger partial charge in [0, 0.05) is 18.4 Å². The van der Waals surface area contributed by atoms with E-state index in [2.05, 4.69) is 28.7 Å². The second-order valence-electron chi connectivity index (χ2n) is 6.90. The lowest BCUT2D eigenvalue weighted by Gasteiger charge is -2.29. The minimum atomic E-state index is 0.337. The summed E-state index contributed by atoms with van der Waals surface area (Å²) >= 11 is 0. The molecule has 3 heterocycles. The fraction of sp³-hybridized carbons (Fsp3) is 0.474. The highest BCUT2D eigenvalue weighted by molar-refractivity contribution is 5.72. The topological polar surface area (TPSA) is 55.3 Å². The highest BCUT2D eigenvalue weighted by atomic mass is 16.3. The van der Waals surface area contributed by atoms with Crippen molar-refractivity contribution in [1.29, 1.82) is 0 Å². The number of aromatic nitrogens is 2. The Morgan fingerprint density at radius 2 is 1.96 bits per heavy atom. The van der Waals surface area contributed by atoms with Gasteiger partial charge in [0.2, 0.25) is 0 Å². The Kier molecular flexibility index (Phi) is 4.10. The minimum absolute atomic E-state index is 0.337. The molecule has 0 amide bonds. The molecule has 0 radical (unpaired) electrons. The number of piperidine rings is 1. The zero-order valence-electron chi connectivity index (χ0n) is 14.2. The Morgan fingerprint density at radius 1 is 1.17 bits per heavy atom. The first-order valence-corrected chi connectivity index (χ1v) is 8.71. The molecule has 24 heavy (non-hydrogen) atoms. The normalized spacial score (nSPS) is 17.1. The Morgan fingerprint density at radius 3 is 2.67 bits per heavy atom. The molecule has 0 atom stereocenters. The van der Waals surface area contributed by atoms with E-state index in [1.54, 1.807) is 6.26 Å². The number of rotatable bonds is 4. The van der Waals surface area contributed by atoms with Crippen LogP contribution in [0.15, 0.2) is 39.4 Å². The first-order chi connectivity index (χ1) is 11.7. The smallest absolute Gasteiger partial charge is 0.198 e. The van der Waals surface area contributed by atoms with Crippen LogP contribution in [-0.4, -0.2) is 28.0 Å². The summed E-state index contributed by atoms with van der Waals surface area (Å²) in [5.41, 5.74) is 2.87. The van der Waals surface area contributed by atoms with Gasteiger partial charge in [-0.1, -0.05) is 26.0 Å². The third-order valence-corrected chi connectivity index (χ3v) is 4.70. The van der Waals surface area contributed by atoms with Gasteiger partial charge < -0.3 is 8.83 Å². The van der Waals surface area contributed by atoms with E-state index in [-0.39, 0.29) is 0 Å². The average Bonchev–Trinajstić information content (AvgIpc) is 3.22. The standard InChI is InChI=1S/C19H23N3O2/c1-13(2)18-20-15(12-23-18)11-22-9-7-14(8-10-22)19-21-16-5-3-4-6-17(16)24-19/h3-6,12-14H,7-11H2,1-2H3. The second kappa shape index (κ2) is 6.40. The molecular formula is C19H23N3O2. The summed E-state index contributed by atoms with van der Waals surface area (Å²) in [7, 11) is 0. The quantitative estimate of drug-likeness (QED) is 0.715. The maximum absolute atomic E-state index is 5.93. The maximum Gasteiger partial charge on any atom is 0.198 e. The number of hydrogen-bond acceptors (Lipinski definition) is 5. The number of para-hydroxylation sites is 2. The lowest BCUT2D eigenvalue weighted by Crippen LogP contribution is -2.32. The molecule has 1 saturated heterocycles. The van der Waals surface area contributed by atoms with E-state index in [4.69, 9.17) is 8.83 Å². The number of nitrogens with zero attached hydrogens (tertiary/aromatic N) is 3. The summed E-state index contributed by atoms with van der Waals surface area (Å²) in [6, 6.07) is 7.98. The van der Waals surface area contributed by atoms with Gasteiger partial charge in [-0.25, -0.2) is 9.97 Å². The van der Waals surface area contributed by atoms with E-state index >= 15 is 0 Å². The average molecular weight is 325 g/mol. The maximum atomic E-state index is 5.93. The van der Waals surface area contributed by atoms with Crippen LogP contribution >= 0.6 is 0 Å². The molecule has 4 rings (SSSR count). The first-order valence-electron chi connectivity index (χ1n) is 8.71. The van der Waals surface area contributed by atoms with E-state index in [1.807, 2.05) is 24.3 Å². The molecule has 126 valence electrons. The van der Waals surface area contributed by atoms with Gasteiger partial charge in [-0.15, -0.1) is 0 Å². The summed E-state index contributed by atoms with van der Waals surface area (Å²) in [6.07, 6.45) is 3.94. The van der Waals surface area contributed by atoms with Crippen molar-refractivity contribution in [2.75, 3.05) is 13.1 Å². The van der Waals surface area contributed by atoms with Crippen LogP contribution in [0.5, 0.6) is 0 Å². The Labute approximate surface area is 141 Å². The van der Waals surface area contributed by atoms with E-state index in [0.717, 1.165) is 61.1 Å². The van der Waals surface area contributed by atoms with Gasteiger partial charge in [0.05, 0.1) is 5.69 Å². The highest BCUT2D eigenvalue weighted by Crippen LogP contribution is 2.30. The van der Waals surface area contributed by atoms with Gasteiger partial charge in [-0.05, 0) is 38.1 Å².